The van der Waals surface area contributed by atoms with Gasteiger partial charge in [0.1, 0.15) is 0 Å². The van der Waals surface area contributed by atoms with Crippen molar-refractivity contribution in [1.29, 1.82) is 0 Å². The Labute approximate surface area is 173 Å². The SMILES string of the molecule is CCCCCC1CCC(c2ccc(C3OCC(CCCCC)CO3)cc2)CC1. The zero-order valence-corrected chi connectivity index (χ0v) is 18.3. The maximum atomic E-state index is 6.03. The molecule has 1 aliphatic carbocycles. The van der Waals surface area contributed by atoms with E-state index in [1.165, 1.54) is 88.2 Å². The van der Waals surface area contributed by atoms with E-state index < -0.39 is 0 Å². The van der Waals surface area contributed by atoms with Gasteiger partial charge in [0.25, 0.3) is 0 Å². The van der Waals surface area contributed by atoms with Crippen LogP contribution in [0.25, 0.3) is 0 Å². The van der Waals surface area contributed by atoms with E-state index in [1.54, 1.807) is 0 Å². The van der Waals surface area contributed by atoms with Crippen LogP contribution in [0.5, 0.6) is 0 Å². The number of ether oxygens (including phenoxy) is 2. The van der Waals surface area contributed by atoms with Crippen LogP contribution in [0.15, 0.2) is 24.3 Å². The van der Waals surface area contributed by atoms with Crippen molar-refractivity contribution in [3.8, 4) is 0 Å². The van der Waals surface area contributed by atoms with Crippen LogP contribution in [0, 0.1) is 11.8 Å². The lowest BCUT2D eigenvalue weighted by Crippen LogP contribution is -2.27. The molecule has 2 heteroatoms. The summed E-state index contributed by atoms with van der Waals surface area (Å²) >= 11 is 0. The van der Waals surface area contributed by atoms with Crippen molar-refractivity contribution in [2.45, 2.75) is 103 Å². The Kier molecular flexibility index (Phi) is 9.34. The highest BCUT2D eigenvalue weighted by molar-refractivity contribution is 5.26. The largest absolute Gasteiger partial charge is 0.348 e. The maximum Gasteiger partial charge on any atom is 0.183 e. The van der Waals surface area contributed by atoms with Gasteiger partial charge in [0.15, 0.2) is 6.29 Å². The summed E-state index contributed by atoms with van der Waals surface area (Å²) in [6.45, 7) is 6.25. The first-order valence-corrected chi connectivity index (χ1v) is 12.1. The van der Waals surface area contributed by atoms with E-state index in [9.17, 15) is 0 Å². The first-order valence-electron chi connectivity index (χ1n) is 12.1. The van der Waals surface area contributed by atoms with Gasteiger partial charge in [-0.25, -0.2) is 0 Å². The van der Waals surface area contributed by atoms with Crippen molar-refractivity contribution in [2.75, 3.05) is 13.2 Å². The molecule has 1 saturated carbocycles. The molecule has 0 aromatic heterocycles. The van der Waals surface area contributed by atoms with Gasteiger partial charge in [-0.2, -0.15) is 0 Å². The van der Waals surface area contributed by atoms with Crippen molar-refractivity contribution < 1.29 is 9.47 Å². The van der Waals surface area contributed by atoms with Gasteiger partial charge < -0.3 is 9.47 Å². The first kappa shape index (κ1) is 21.8. The molecule has 1 aromatic carbocycles. The second-order valence-electron chi connectivity index (χ2n) is 9.24. The Hall–Kier alpha value is -0.860. The fourth-order valence-electron chi connectivity index (χ4n) is 4.98. The number of rotatable bonds is 10. The molecule has 0 radical (unpaired) electrons. The Balaban J connectivity index is 1.41. The van der Waals surface area contributed by atoms with E-state index in [0.717, 1.165) is 25.0 Å². The van der Waals surface area contributed by atoms with E-state index in [1.807, 2.05) is 0 Å². The fourth-order valence-corrected chi connectivity index (χ4v) is 4.98. The lowest BCUT2D eigenvalue weighted by atomic mass is 9.77. The second kappa shape index (κ2) is 12.0. The fraction of sp³-hybridized carbons (Fsp3) is 0.769. The first-order chi connectivity index (χ1) is 13.8. The highest BCUT2D eigenvalue weighted by Crippen LogP contribution is 2.38. The standard InChI is InChI=1S/C26H42O2/c1-3-5-7-9-21-11-13-23(14-12-21)24-15-17-25(18-16-24)26-27-19-22(20-28-26)10-8-6-4-2/h15-18,21-23,26H,3-14,19-20H2,1-2H3. The van der Waals surface area contributed by atoms with Gasteiger partial charge in [-0.1, -0.05) is 83.1 Å². The molecule has 1 saturated heterocycles. The van der Waals surface area contributed by atoms with Crippen molar-refractivity contribution in [3.63, 3.8) is 0 Å². The Bertz CT molecular complexity index is 473. The predicted octanol–water partition coefficient (Wildman–Crippen LogP) is 7.78. The average molecular weight is 387 g/mol. The minimum atomic E-state index is -0.161. The number of hydrogen-bond acceptors (Lipinski definition) is 2. The molecule has 1 aliphatic heterocycles. The number of benzene rings is 1. The van der Waals surface area contributed by atoms with Crippen LogP contribution in [-0.2, 0) is 9.47 Å². The molecule has 2 aliphatic rings. The van der Waals surface area contributed by atoms with Gasteiger partial charge in [-0.05, 0) is 49.5 Å². The normalized spacial score (nSPS) is 28.4. The Morgan fingerprint density at radius 3 is 1.79 bits per heavy atom. The van der Waals surface area contributed by atoms with Gasteiger partial charge in [0, 0.05) is 11.5 Å². The molecule has 2 fully saturated rings. The maximum absolute atomic E-state index is 6.03. The van der Waals surface area contributed by atoms with Gasteiger partial charge in [-0.3, -0.25) is 0 Å². The quantitative estimate of drug-likeness (QED) is 0.382. The van der Waals surface area contributed by atoms with Crippen LogP contribution in [0.2, 0.25) is 0 Å². The Morgan fingerprint density at radius 1 is 0.679 bits per heavy atom. The zero-order valence-electron chi connectivity index (χ0n) is 18.3. The van der Waals surface area contributed by atoms with Crippen LogP contribution in [0.4, 0.5) is 0 Å². The van der Waals surface area contributed by atoms with Crippen molar-refractivity contribution in [1.82, 2.24) is 0 Å². The Morgan fingerprint density at radius 2 is 1.21 bits per heavy atom. The summed E-state index contributed by atoms with van der Waals surface area (Å²) in [6.07, 6.45) is 16.2. The highest BCUT2D eigenvalue weighted by Gasteiger charge is 2.25. The van der Waals surface area contributed by atoms with E-state index in [0.29, 0.717) is 5.92 Å². The molecule has 3 rings (SSSR count). The van der Waals surface area contributed by atoms with Crippen molar-refractivity contribution in [3.05, 3.63) is 35.4 Å². The molecule has 0 atom stereocenters. The minimum absolute atomic E-state index is 0.161. The average Bonchev–Trinajstić information content (AvgIpc) is 2.75. The van der Waals surface area contributed by atoms with Gasteiger partial charge in [0.05, 0.1) is 13.2 Å². The monoisotopic (exact) mass is 386 g/mol. The summed E-state index contributed by atoms with van der Waals surface area (Å²) in [5.41, 5.74) is 2.70. The molecule has 0 unspecified atom stereocenters. The third-order valence-corrected chi connectivity index (χ3v) is 6.93. The van der Waals surface area contributed by atoms with Crippen LogP contribution in [0.1, 0.15) is 114 Å². The zero-order chi connectivity index (χ0) is 19.6. The summed E-state index contributed by atoms with van der Waals surface area (Å²) in [5, 5.41) is 0. The van der Waals surface area contributed by atoms with Gasteiger partial charge >= 0.3 is 0 Å². The molecule has 158 valence electrons. The second-order valence-corrected chi connectivity index (χ2v) is 9.24. The smallest absolute Gasteiger partial charge is 0.183 e. The molecule has 0 spiro atoms. The van der Waals surface area contributed by atoms with Crippen LogP contribution in [0.3, 0.4) is 0 Å². The molecular weight excluding hydrogens is 344 g/mol. The van der Waals surface area contributed by atoms with E-state index in [2.05, 4.69) is 38.1 Å². The summed E-state index contributed by atoms with van der Waals surface area (Å²) in [4.78, 5) is 0. The third kappa shape index (κ3) is 6.59. The summed E-state index contributed by atoms with van der Waals surface area (Å²) in [5.74, 6) is 2.32. The third-order valence-electron chi connectivity index (χ3n) is 6.93. The molecule has 2 nitrogen and oxygen atoms in total. The molecule has 0 bridgehead atoms. The number of hydrogen-bond donors (Lipinski definition) is 0. The lowest BCUT2D eigenvalue weighted by molar-refractivity contribution is -0.206. The summed E-state index contributed by atoms with van der Waals surface area (Å²) in [7, 11) is 0. The number of unbranched alkanes of at least 4 members (excludes halogenated alkanes) is 4. The van der Waals surface area contributed by atoms with E-state index in [4.69, 9.17) is 9.47 Å². The predicted molar refractivity (Wildman–Crippen MR) is 118 cm³/mol. The molecular formula is C26H42O2. The molecule has 0 N–H and O–H groups in total. The van der Waals surface area contributed by atoms with Crippen LogP contribution in [-0.4, -0.2) is 13.2 Å². The summed E-state index contributed by atoms with van der Waals surface area (Å²) < 4.78 is 12.1. The molecule has 1 heterocycles. The highest BCUT2D eigenvalue weighted by atomic mass is 16.7. The van der Waals surface area contributed by atoms with Crippen LogP contribution >= 0.6 is 0 Å². The topological polar surface area (TPSA) is 18.5 Å². The minimum Gasteiger partial charge on any atom is -0.348 e. The van der Waals surface area contributed by atoms with Crippen molar-refractivity contribution in [2.24, 2.45) is 11.8 Å². The van der Waals surface area contributed by atoms with Crippen LogP contribution < -0.4 is 0 Å². The van der Waals surface area contributed by atoms with Gasteiger partial charge in [0.2, 0.25) is 0 Å². The summed E-state index contributed by atoms with van der Waals surface area (Å²) in [6, 6.07) is 9.14. The molecule has 28 heavy (non-hydrogen) atoms. The molecule has 1 aromatic rings. The lowest BCUT2D eigenvalue weighted by Gasteiger charge is -2.31. The van der Waals surface area contributed by atoms with Gasteiger partial charge in [-0.15, -0.1) is 0 Å². The van der Waals surface area contributed by atoms with E-state index >= 15 is 0 Å². The van der Waals surface area contributed by atoms with Crippen molar-refractivity contribution >= 4 is 0 Å². The van der Waals surface area contributed by atoms with E-state index in [-0.39, 0.29) is 6.29 Å². The molecule has 0 amide bonds.